The summed E-state index contributed by atoms with van der Waals surface area (Å²) in [5.41, 5.74) is 0. The molecule has 0 bridgehead atoms. The lowest BCUT2D eigenvalue weighted by Crippen LogP contribution is -2.52. The van der Waals surface area contributed by atoms with E-state index in [4.69, 9.17) is 5.84 Å². The van der Waals surface area contributed by atoms with Gasteiger partial charge in [-0.1, -0.05) is 0 Å². The van der Waals surface area contributed by atoms with E-state index in [1.165, 1.54) is 5.01 Å². The molecule has 1 aliphatic rings. The van der Waals surface area contributed by atoms with E-state index in [0.717, 1.165) is 6.42 Å². The molecular formula is C9H13N5O. The summed E-state index contributed by atoms with van der Waals surface area (Å²) in [6.07, 6.45) is 4.21. The van der Waals surface area contributed by atoms with Crippen LogP contribution in [0.1, 0.15) is 12.2 Å². The number of nitrogens with zero attached hydrogens (tertiary/aromatic N) is 4. The minimum Gasteiger partial charge on any atom is -0.316 e. The molecule has 1 fully saturated rings. The highest BCUT2D eigenvalue weighted by atomic mass is 16.2. The van der Waals surface area contributed by atoms with Gasteiger partial charge in [0.05, 0.1) is 6.54 Å². The van der Waals surface area contributed by atoms with Crippen LogP contribution in [0.15, 0.2) is 18.5 Å². The van der Waals surface area contributed by atoms with Crippen molar-refractivity contribution in [1.29, 1.82) is 0 Å². The quantitative estimate of drug-likeness (QED) is 0.546. The standard InChI is InChI=1S/C9H13N5O/c10-14-6-2-5-13(9(14)15)7-8-11-3-1-4-12-8/h1,3-4H,2,5-7,10H2. The number of rotatable bonds is 2. The third kappa shape index (κ3) is 2.21. The number of aromatic nitrogens is 2. The SMILES string of the molecule is NN1CCCN(Cc2ncccn2)C1=O. The molecule has 2 N–H and O–H groups in total. The highest BCUT2D eigenvalue weighted by molar-refractivity contribution is 5.74. The number of carbonyl (C=O) groups is 1. The summed E-state index contributed by atoms with van der Waals surface area (Å²) in [6.45, 7) is 1.75. The molecule has 2 amide bonds. The van der Waals surface area contributed by atoms with Gasteiger partial charge in [-0.2, -0.15) is 0 Å². The number of hydrogen-bond donors (Lipinski definition) is 1. The summed E-state index contributed by atoms with van der Waals surface area (Å²) < 4.78 is 0. The van der Waals surface area contributed by atoms with Crippen LogP contribution < -0.4 is 5.84 Å². The van der Waals surface area contributed by atoms with Gasteiger partial charge in [-0.3, -0.25) is 5.01 Å². The highest BCUT2D eigenvalue weighted by Crippen LogP contribution is 2.08. The van der Waals surface area contributed by atoms with Crippen LogP contribution in [-0.2, 0) is 6.54 Å². The van der Waals surface area contributed by atoms with Crippen molar-refractivity contribution in [2.24, 2.45) is 5.84 Å². The van der Waals surface area contributed by atoms with Crippen LogP contribution in [0.5, 0.6) is 0 Å². The summed E-state index contributed by atoms with van der Waals surface area (Å²) >= 11 is 0. The van der Waals surface area contributed by atoms with Gasteiger partial charge in [0.1, 0.15) is 5.82 Å². The van der Waals surface area contributed by atoms with E-state index in [1.807, 2.05) is 0 Å². The Labute approximate surface area is 87.7 Å². The molecule has 1 aromatic rings. The molecule has 1 aromatic heterocycles. The Morgan fingerprint density at radius 1 is 1.33 bits per heavy atom. The number of amides is 2. The van der Waals surface area contributed by atoms with E-state index in [-0.39, 0.29) is 6.03 Å². The Hall–Kier alpha value is -1.69. The predicted octanol–water partition coefficient (Wildman–Crippen LogP) is -0.0220. The summed E-state index contributed by atoms with van der Waals surface area (Å²) in [6, 6.07) is 1.59. The van der Waals surface area contributed by atoms with Crippen LogP contribution in [0.25, 0.3) is 0 Å². The maximum atomic E-state index is 11.6. The van der Waals surface area contributed by atoms with Gasteiger partial charge in [0.15, 0.2) is 0 Å². The minimum atomic E-state index is -0.159. The van der Waals surface area contributed by atoms with E-state index in [1.54, 1.807) is 23.4 Å². The highest BCUT2D eigenvalue weighted by Gasteiger charge is 2.23. The Bertz CT molecular complexity index is 342. The zero-order valence-electron chi connectivity index (χ0n) is 8.33. The molecule has 2 rings (SSSR count). The molecule has 0 radical (unpaired) electrons. The van der Waals surface area contributed by atoms with Crippen LogP contribution in [-0.4, -0.2) is 39.0 Å². The van der Waals surface area contributed by atoms with Crippen molar-refractivity contribution in [3.63, 3.8) is 0 Å². The van der Waals surface area contributed by atoms with Crippen LogP contribution in [0.3, 0.4) is 0 Å². The van der Waals surface area contributed by atoms with E-state index in [2.05, 4.69) is 9.97 Å². The summed E-state index contributed by atoms with van der Waals surface area (Å²) in [5, 5.41) is 1.23. The molecule has 6 heteroatoms. The van der Waals surface area contributed by atoms with E-state index >= 15 is 0 Å². The van der Waals surface area contributed by atoms with E-state index in [0.29, 0.717) is 25.5 Å². The molecule has 0 atom stereocenters. The predicted molar refractivity (Wildman–Crippen MR) is 53.3 cm³/mol. The summed E-state index contributed by atoms with van der Waals surface area (Å²) in [7, 11) is 0. The summed E-state index contributed by atoms with van der Waals surface area (Å²) in [5.74, 6) is 6.16. The molecule has 0 unspecified atom stereocenters. The van der Waals surface area contributed by atoms with Crippen molar-refractivity contribution in [1.82, 2.24) is 19.9 Å². The third-order valence-electron chi connectivity index (χ3n) is 2.29. The molecule has 15 heavy (non-hydrogen) atoms. The molecule has 6 nitrogen and oxygen atoms in total. The zero-order valence-corrected chi connectivity index (χ0v) is 8.33. The van der Waals surface area contributed by atoms with Crippen molar-refractivity contribution >= 4 is 6.03 Å². The van der Waals surface area contributed by atoms with Crippen LogP contribution in [0.2, 0.25) is 0 Å². The van der Waals surface area contributed by atoms with Crippen LogP contribution >= 0.6 is 0 Å². The van der Waals surface area contributed by atoms with Crippen molar-refractivity contribution in [3.8, 4) is 0 Å². The van der Waals surface area contributed by atoms with Gasteiger partial charge in [-0.05, 0) is 12.5 Å². The molecule has 0 spiro atoms. The number of urea groups is 1. The molecular weight excluding hydrogens is 194 g/mol. The second kappa shape index (κ2) is 4.22. The average Bonchev–Trinajstić information content (AvgIpc) is 2.26. The first-order valence-electron chi connectivity index (χ1n) is 4.84. The first-order chi connectivity index (χ1) is 7.27. The Balaban J connectivity index is 2.03. The Morgan fingerprint density at radius 3 is 2.80 bits per heavy atom. The van der Waals surface area contributed by atoms with Gasteiger partial charge >= 0.3 is 6.03 Å². The van der Waals surface area contributed by atoms with Crippen LogP contribution in [0.4, 0.5) is 4.79 Å². The second-order valence-electron chi connectivity index (χ2n) is 3.42. The molecule has 1 aliphatic heterocycles. The van der Waals surface area contributed by atoms with Gasteiger partial charge in [0, 0.05) is 25.5 Å². The lowest BCUT2D eigenvalue weighted by Gasteiger charge is -2.32. The Kier molecular flexibility index (Phi) is 2.77. The largest absolute Gasteiger partial charge is 0.334 e. The molecule has 0 aliphatic carbocycles. The fourth-order valence-corrected chi connectivity index (χ4v) is 1.53. The third-order valence-corrected chi connectivity index (χ3v) is 2.29. The average molecular weight is 207 g/mol. The van der Waals surface area contributed by atoms with E-state index < -0.39 is 0 Å². The van der Waals surface area contributed by atoms with Gasteiger partial charge in [-0.25, -0.2) is 20.6 Å². The molecule has 1 saturated heterocycles. The lowest BCUT2D eigenvalue weighted by molar-refractivity contribution is 0.126. The first-order valence-corrected chi connectivity index (χ1v) is 4.84. The molecule has 2 heterocycles. The zero-order chi connectivity index (χ0) is 10.7. The number of hydrogen-bond acceptors (Lipinski definition) is 4. The number of hydrazine groups is 1. The lowest BCUT2D eigenvalue weighted by atomic mass is 10.3. The van der Waals surface area contributed by atoms with Gasteiger partial charge in [-0.15, -0.1) is 0 Å². The Morgan fingerprint density at radius 2 is 2.07 bits per heavy atom. The van der Waals surface area contributed by atoms with Crippen molar-refractivity contribution in [3.05, 3.63) is 24.3 Å². The van der Waals surface area contributed by atoms with Gasteiger partial charge in [0.2, 0.25) is 0 Å². The second-order valence-corrected chi connectivity index (χ2v) is 3.42. The smallest absolute Gasteiger partial charge is 0.316 e. The first kappa shape index (κ1) is 9.85. The fraction of sp³-hybridized carbons (Fsp3) is 0.444. The normalized spacial score (nSPS) is 17.0. The van der Waals surface area contributed by atoms with Gasteiger partial charge < -0.3 is 4.90 Å². The van der Waals surface area contributed by atoms with Crippen molar-refractivity contribution < 1.29 is 4.79 Å². The molecule has 0 saturated carbocycles. The van der Waals surface area contributed by atoms with E-state index in [9.17, 15) is 4.79 Å². The van der Waals surface area contributed by atoms with Gasteiger partial charge in [0.25, 0.3) is 0 Å². The topological polar surface area (TPSA) is 75.3 Å². The van der Waals surface area contributed by atoms with Crippen LogP contribution in [0, 0.1) is 0 Å². The van der Waals surface area contributed by atoms with Crippen molar-refractivity contribution in [2.45, 2.75) is 13.0 Å². The number of carbonyl (C=O) groups excluding carboxylic acids is 1. The molecule has 0 aromatic carbocycles. The summed E-state index contributed by atoms with van der Waals surface area (Å²) in [4.78, 5) is 21.4. The molecule has 80 valence electrons. The maximum absolute atomic E-state index is 11.6. The minimum absolute atomic E-state index is 0.159. The fourth-order valence-electron chi connectivity index (χ4n) is 1.53. The number of nitrogens with two attached hydrogens (primary N) is 1. The van der Waals surface area contributed by atoms with Crippen molar-refractivity contribution in [2.75, 3.05) is 13.1 Å². The monoisotopic (exact) mass is 207 g/mol. The maximum Gasteiger partial charge on any atom is 0.334 e.